The quantitative estimate of drug-likeness (QED) is 0.875. The minimum absolute atomic E-state index is 0.0369. The van der Waals surface area contributed by atoms with Gasteiger partial charge in [0.05, 0.1) is 15.2 Å². The molecule has 5 heteroatoms. The number of nitrogens with one attached hydrogen (secondary N) is 1. The van der Waals surface area contributed by atoms with Crippen LogP contribution in [0.4, 0.5) is 5.13 Å². The normalized spacial score (nSPS) is 10.5. The van der Waals surface area contributed by atoms with E-state index in [2.05, 4.69) is 10.3 Å². The predicted molar refractivity (Wildman–Crippen MR) is 63.6 cm³/mol. The van der Waals surface area contributed by atoms with Crippen molar-refractivity contribution < 1.29 is 4.79 Å². The number of nitrogens with zero attached hydrogens (tertiary/aromatic N) is 1. The highest BCUT2D eigenvalue weighted by Gasteiger charge is 2.08. The molecule has 2 aromatic rings. The number of carbonyl (C=O) groups is 1. The van der Waals surface area contributed by atoms with Crippen LogP contribution in [0, 0.1) is 0 Å². The van der Waals surface area contributed by atoms with Crippen molar-refractivity contribution in [1.29, 1.82) is 0 Å². The maximum absolute atomic E-state index is 11.2. The molecule has 1 aromatic heterocycles. The minimum Gasteiger partial charge on any atom is -0.302 e. The number of amides is 1. The molecule has 1 aromatic carbocycles. The average Bonchev–Trinajstić information content (AvgIpc) is 2.62. The Morgan fingerprint density at radius 2 is 2.40 bits per heavy atom. The fraction of sp³-hybridized carbons (Fsp3) is 0.200. The van der Waals surface area contributed by atoms with Gasteiger partial charge < -0.3 is 5.32 Å². The topological polar surface area (TPSA) is 42.0 Å². The fourth-order valence-corrected chi connectivity index (χ4v) is 2.35. The molecule has 0 aliphatic heterocycles. The molecule has 0 unspecified atom stereocenters. The van der Waals surface area contributed by atoms with Gasteiger partial charge in [-0.15, -0.1) is 0 Å². The van der Waals surface area contributed by atoms with E-state index in [4.69, 9.17) is 11.6 Å². The Morgan fingerprint density at radius 1 is 1.60 bits per heavy atom. The van der Waals surface area contributed by atoms with Crippen LogP contribution in [0.3, 0.4) is 0 Å². The van der Waals surface area contributed by atoms with Gasteiger partial charge in [-0.1, -0.05) is 35.9 Å². The highest BCUT2D eigenvalue weighted by Crippen LogP contribution is 2.31. The average molecular weight is 241 g/mol. The van der Waals surface area contributed by atoms with Gasteiger partial charge in [-0.25, -0.2) is 4.98 Å². The van der Waals surface area contributed by atoms with Crippen LogP contribution < -0.4 is 5.32 Å². The van der Waals surface area contributed by atoms with Gasteiger partial charge in [-0.05, 0) is 12.1 Å². The first-order chi connectivity index (χ1) is 7.20. The molecule has 3 nitrogen and oxygen atoms in total. The molecule has 0 aliphatic rings. The second kappa shape index (κ2) is 4.16. The number of hydrogen-bond donors (Lipinski definition) is 1. The van der Waals surface area contributed by atoms with E-state index in [-0.39, 0.29) is 5.91 Å². The van der Waals surface area contributed by atoms with Crippen LogP contribution in [0.15, 0.2) is 18.2 Å². The van der Waals surface area contributed by atoms with Crippen LogP contribution in [0.5, 0.6) is 0 Å². The number of aromatic nitrogens is 1. The van der Waals surface area contributed by atoms with E-state index >= 15 is 0 Å². The van der Waals surface area contributed by atoms with Gasteiger partial charge in [-0.2, -0.15) is 0 Å². The van der Waals surface area contributed by atoms with E-state index in [1.54, 1.807) is 6.92 Å². The number of carbonyl (C=O) groups excluding carboxylic acids is 1. The molecule has 0 radical (unpaired) electrons. The van der Waals surface area contributed by atoms with Crippen molar-refractivity contribution in [2.45, 2.75) is 13.3 Å². The van der Waals surface area contributed by atoms with Crippen molar-refractivity contribution in [1.82, 2.24) is 4.98 Å². The van der Waals surface area contributed by atoms with E-state index < -0.39 is 0 Å². The first-order valence-corrected chi connectivity index (χ1v) is 5.75. The van der Waals surface area contributed by atoms with E-state index in [1.807, 2.05) is 18.2 Å². The molecule has 0 bridgehead atoms. The Hall–Kier alpha value is -1.13. The van der Waals surface area contributed by atoms with Gasteiger partial charge in [0.1, 0.15) is 0 Å². The van der Waals surface area contributed by atoms with Crippen molar-refractivity contribution in [2.24, 2.45) is 0 Å². The molecule has 1 heterocycles. The largest absolute Gasteiger partial charge is 0.302 e. The zero-order valence-corrected chi connectivity index (χ0v) is 9.65. The molecule has 78 valence electrons. The van der Waals surface area contributed by atoms with Crippen molar-refractivity contribution in [2.75, 3.05) is 5.32 Å². The van der Waals surface area contributed by atoms with Crippen molar-refractivity contribution in [3.63, 3.8) is 0 Å². The van der Waals surface area contributed by atoms with Crippen molar-refractivity contribution >= 4 is 44.2 Å². The van der Waals surface area contributed by atoms with E-state index in [1.165, 1.54) is 11.3 Å². The lowest BCUT2D eigenvalue weighted by molar-refractivity contribution is -0.115. The number of rotatable bonds is 2. The summed E-state index contributed by atoms with van der Waals surface area (Å²) < 4.78 is 0.908. The van der Waals surface area contributed by atoms with Gasteiger partial charge >= 0.3 is 0 Å². The van der Waals surface area contributed by atoms with Gasteiger partial charge in [0.2, 0.25) is 5.91 Å². The Balaban J connectivity index is 2.39. The summed E-state index contributed by atoms with van der Waals surface area (Å²) in [6, 6.07) is 5.53. The Labute approximate surface area is 96.1 Å². The zero-order valence-electron chi connectivity index (χ0n) is 8.08. The lowest BCUT2D eigenvalue weighted by Gasteiger charge is -1.95. The summed E-state index contributed by atoms with van der Waals surface area (Å²) in [5.74, 6) is -0.0369. The lowest BCUT2D eigenvalue weighted by Crippen LogP contribution is -2.08. The third-order valence-electron chi connectivity index (χ3n) is 1.93. The monoisotopic (exact) mass is 240 g/mol. The molecule has 0 saturated carbocycles. The molecule has 1 amide bonds. The SMILES string of the molecule is CCC(=O)Nc1nc2cccc(Cl)c2s1. The van der Waals surface area contributed by atoms with Crippen LogP contribution in [-0.2, 0) is 4.79 Å². The number of thiazole rings is 1. The van der Waals surface area contributed by atoms with Crippen LogP contribution in [-0.4, -0.2) is 10.9 Å². The van der Waals surface area contributed by atoms with Crippen LogP contribution >= 0.6 is 22.9 Å². The van der Waals surface area contributed by atoms with Crippen LogP contribution in [0.1, 0.15) is 13.3 Å². The Bertz CT molecular complexity index is 509. The molecule has 0 spiro atoms. The summed E-state index contributed by atoms with van der Waals surface area (Å²) in [5.41, 5.74) is 0.818. The second-order valence-electron chi connectivity index (χ2n) is 3.01. The molecular formula is C10H9ClN2OS. The highest BCUT2D eigenvalue weighted by molar-refractivity contribution is 7.23. The van der Waals surface area contributed by atoms with E-state index in [9.17, 15) is 4.79 Å². The third kappa shape index (κ3) is 2.11. The predicted octanol–water partition coefficient (Wildman–Crippen LogP) is 3.30. The summed E-state index contributed by atoms with van der Waals surface area (Å²) in [4.78, 5) is 15.4. The maximum Gasteiger partial charge on any atom is 0.225 e. The Morgan fingerprint density at radius 3 is 3.07 bits per heavy atom. The van der Waals surface area contributed by atoms with E-state index in [0.29, 0.717) is 16.6 Å². The number of anilines is 1. The first-order valence-electron chi connectivity index (χ1n) is 4.55. The zero-order chi connectivity index (χ0) is 10.8. The first kappa shape index (κ1) is 10.4. The van der Waals surface area contributed by atoms with Gasteiger partial charge in [0.15, 0.2) is 5.13 Å². The molecule has 0 aliphatic carbocycles. The minimum atomic E-state index is -0.0369. The summed E-state index contributed by atoms with van der Waals surface area (Å²) in [5, 5.41) is 3.99. The summed E-state index contributed by atoms with van der Waals surface area (Å²) >= 11 is 7.39. The molecule has 15 heavy (non-hydrogen) atoms. The smallest absolute Gasteiger partial charge is 0.225 e. The highest BCUT2D eigenvalue weighted by atomic mass is 35.5. The Kier molecular flexibility index (Phi) is 2.88. The number of fused-ring (bicyclic) bond motifs is 1. The third-order valence-corrected chi connectivity index (χ3v) is 3.38. The van der Waals surface area contributed by atoms with E-state index in [0.717, 1.165) is 10.2 Å². The van der Waals surface area contributed by atoms with Crippen LogP contribution in [0.2, 0.25) is 5.02 Å². The summed E-state index contributed by atoms with van der Waals surface area (Å²) in [6.07, 6.45) is 0.448. The molecule has 0 atom stereocenters. The van der Waals surface area contributed by atoms with Gasteiger partial charge in [0.25, 0.3) is 0 Å². The molecule has 1 N–H and O–H groups in total. The fourth-order valence-electron chi connectivity index (χ4n) is 1.18. The second-order valence-corrected chi connectivity index (χ2v) is 4.42. The summed E-state index contributed by atoms with van der Waals surface area (Å²) in [7, 11) is 0. The molecular weight excluding hydrogens is 232 g/mol. The van der Waals surface area contributed by atoms with Crippen LogP contribution in [0.25, 0.3) is 10.2 Å². The lowest BCUT2D eigenvalue weighted by atomic mass is 10.3. The number of hydrogen-bond acceptors (Lipinski definition) is 3. The maximum atomic E-state index is 11.2. The standard InChI is InChI=1S/C10H9ClN2OS/c1-2-8(14)13-10-12-7-5-3-4-6(11)9(7)15-10/h3-5H,2H2,1H3,(H,12,13,14). The van der Waals surface area contributed by atoms with Crippen molar-refractivity contribution in [3.05, 3.63) is 23.2 Å². The van der Waals surface area contributed by atoms with Gasteiger partial charge in [-0.3, -0.25) is 4.79 Å². The number of halogens is 1. The summed E-state index contributed by atoms with van der Waals surface area (Å²) in [6.45, 7) is 1.80. The number of benzene rings is 1. The molecule has 2 rings (SSSR count). The molecule has 0 fully saturated rings. The molecule has 0 saturated heterocycles. The van der Waals surface area contributed by atoms with Crippen molar-refractivity contribution in [3.8, 4) is 0 Å². The van der Waals surface area contributed by atoms with Gasteiger partial charge in [0, 0.05) is 6.42 Å².